The summed E-state index contributed by atoms with van der Waals surface area (Å²) >= 11 is 0. The molecule has 4 aliphatic heterocycles. The zero-order chi connectivity index (χ0) is 28.7. The molecule has 0 aromatic carbocycles. The molecule has 8 atom stereocenters. The van der Waals surface area contributed by atoms with E-state index in [4.69, 9.17) is 53.2 Å². The molecule has 4 fully saturated rings. The van der Waals surface area contributed by atoms with Crippen molar-refractivity contribution in [1.82, 2.24) is 0 Å². The number of hydrogen-bond donors (Lipinski definition) is 3. The first-order valence-corrected chi connectivity index (χ1v) is 11.9. The molecule has 4 heterocycles. The van der Waals surface area contributed by atoms with Crippen molar-refractivity contribution in [1.29, 1.82) is 0 Å². The zero-order valence-corrected chi connectivity index (χ0v) is 20.9. The quantitative estimate of drug-likeness (QED) is 0.122. The van der Waals surface area contributed by atoms with Crippen LogP contribution < -0.4 is 0 Å². The number of hydrogen-bond acceptors (Lipinski definition) is 14. The molecule has 0 aromatic rings. The summed E-state index contributed by atoms with van der Waals surface area (Å²) in [5.41, 5.74) is 0. The molecule has 0 bridgehead atoms. The summed E-state index contributed by atoms with van der Waals surface area (Å²) in [5.74, 6) is -5.15. The molecule has 218 valence electrons. The molecule has 16 nitrogen and oxygen atoms in total. The highest BCUT2D eigenvalue weighted by molar-refractivity contribution is 5.90. The van der Waals surface area contributed by atoms with Crippen LogP contribution in [0.2, 0.25) is 0 Å². The van der Waals surface area contributed by atoms with Gasteiger partial charge in [0.25, 0.3) is 0 Å². The van der Waals surface area contributed by atoms with E-state index in [0.29, 0.717) is 6.61 Å². The van der Waals surface area contributed by atoms with Gasteiger partial charge in [0, 0.05) is 7.11 Å². The minimum atomic E-state index is -1.29. The predicted molar refractivity (Wildman–Crippen MR) is 120 cm³/mol. The number of aliphatic hydroxyl groups is 1. The second kappa shape index (κ2) is 13.7. The van der Waals surface area contributed by atoms with Crippen molar-refractivity contribution < 1.29 is 77.2 Å². The molecule has 0 spiro atoms. The maximum Gasteiger partial charge on any atom is 0.317 e. The average Bonchev–Trinajstić information content (AvgIpc) is 3.58. The van der Waals surface area contributed by atoms with Crippen LogP contribution in [0.3, 0.4) is 0 Å². The molecule has 4 aliphatic rings. The van der Waals surface area contributed by atoms with Gasteiger partial charge in [-0.1, -0.05) is 6.58 Å². The molecule has 0 amide bonds. The summed E-state index contributed by atoms with van der Waals surface area (Å²) in [5, 5.41) is 25.9. The normalized spacial score (nSPS) is 32.2. The lowest BCUT2D eigenvalue weighted by molar-refractivity contribution is -0.160. The third-order valence-corrected chi connectivity index (χ3v) is 6.02. The van der Waals surface area contributed by atoms with Crippen molar-refractivity contribution in [3.63, 3.8) is 0 Å². The predicted octanol–water partition coefficient (Wildman–Crippen LogP) is -1.27. The lowest BCUT2D eigenvalue weighted by atomic mass is 10.1. The number of methoxy groups -OCH3 is 1. The highest BCUT2D eigenvalue weighted by Gasteiger charge is 2.51. The molecule has 8 unspecified atom stereocenters. The van der Waals surface area contributed by atoms with E-state index in [0.717, 1.165) is 0 Å². The lowest BCUT2D eigenvalue weighted by Gasteiger charge is -2.17. The molecule has 16 heteroatoms. The maximum atomic E-state index is 11.5. The molecule has 4 saturated heterocycles. The SMILES string of the molecule is C=C(O)CC(=O)OC1COC2C(OC(=O)CC(=O)O)COC12.COC1COC2C(OC(=O)CC(=O)O)COC12. The van der Waals surface area contributed by atoms with Gasteiger partial charge in [-0.2, -0.15) is 0 Å². The average molecular weight is 562 g/mol. The van der Waals surface area contributed by atoms with E-state index < -0.39 is 73.2 Å². The third-order valence-electron chi connectivity index (χ3n) is 6.02. The fraction of sp³-hybridized carbons (Fsp3) is 0.696. The number of carboxylic acid groups (broad SMARTS) is 2. The van der Waals surface area contributed by atoms with Crippen LogP contribution in [-0.2, 0) is 61.9 Å². The van der Waals surface area contributed by atoms with Crippen LogP contribution in [0, 0.1) is 0 Å². The van der Waals surface area contributed by atoms with Gasteiger partial charge < -0.3 is 53.2 Å². The zero-order valence-electron chi connectivity index (χ0n) is 20.9. The van der Waals surface area contributed by atoms with E-state index in [-0.39, 0.29) is 50.3 Å². The Morgan fingerprint density at radius 3 is 1.23 bits per heavy atom. The van der Waals surface area contributed by atoms with Crippen LogP contribution in [-0.4, -0.2) is 128 Å². The summed E-state index contributed by atoms with van der Waals surface area (Å²) in [6, 6.07) is 0. The fourth-order valence-corrected chi connectivity index (χ4v) is 4.41. The number of carboxylic acids is 2. The van der Waals surface area contributed by atoms with Crippen LogP contribution in [0.15, 0.2) is 12.3 Å². The Morgan fingerprint density at radius 2 is 0.923 bits per heavy atom. The summed E-state index contributed by atoms with van der Waals surface area (Å²) < 4.78 is 41.9. The van der Waals surface area contributed by atoms with Crippen LogP contribution in [0.4, 0.5) is 0 Å². The van der Waals surface area contributed by atoms with Crippen LogP contribution in [0.25, 0.3) is 0 Å². The molecule has 0 radical (unpaired) electrons. The Labute approximate surface area is 221 Å². The smallest absolute Gasteiger partial charge is 0.317 e. The number of rotatable bonds is 10. The van der Waals surface area contributed by atoms with Crippen molar-refractivity contribution in [2.24, 2.45) is 0 Å². The number of ether oxygens (including phenoxy) is 8. The molecule has 0 saturated carbocycles. The van der Waals surface area contributed by atoms with Crippen molar-refractivity contribution >= 4 is 29.8 Å². The number of aliphatic carboxylic acids is 2. The molecular weight excluding hydrogens is 532 g/mol. The standard InChI is InChI=1S/C13H16O9.C10H14O7/c1-6(14)2-10(17)21-7-4-19-13-8(5-20-12(7)13)22-11(18)3-9(15)16;1-14-5-3-15-10-6(4-16-9(5)10)17-8(13)2-7(11)12/h7-8,12-14H,1-5H2,(H,15,16);5-6,9-10H,2-4H2,1H3,(H,11,12). The van der Waals surface area contributed by atoms with Gasteiger partial charge in [-0.15, -0.1) is 0 Å². The Bertz CT molecular complexity index is 904. The van der Waals surface area contributed by atoms with Gasteiger partial charge in [-0.05, 0) is 0 Å². The van der Waals surface area contributed by atoms with Crippen molar-refractivity contribution in [3.05, 3.63) is 12.3 Å². The second-order valence-electron chi connectivity index (χ2n) is 8.93. The summed E-state index contributed by atoms with van der Waals surface area (Å²) in [6.45, 7) is 3.88. The Hall–Kier alpha value is -3.31. The second-order valence-corrected chi connectivity index (χ2v) is 8.93. The lowest BCUT2D eigenvalue weighted by Crippen LogP contribution is -2.36. The molecule has 0 aromatic heterocycles. The minimum absolute atomic E-state index is 0.0292. The summed E-state index contributed by atoms with van der Waals surface area (Å²) in [6.07, 6.45) is -5.69. The Balaban J connectivity index is 0.000000223. The van der Waals surface area contributed by atoms with Gasteiger partial charge in [0.2, 0.25) is 0 Å². The first-order valence-electron chi connectivity index (χ1n) is 11.9. The molecule has 3 N–H and O–H groups in total. The largest absolute Gasteiger partial charge is 0.512 e. The van der Waals surface area contributed by atoms with E-state index in [1.165, 1.54) is 0 Å². The van der Waals surface area contributed by atoms with Gasteiger partial charge in [0.05, 0.1) is 32.2 Å². The first kappa shape index (κ1) is 30.2. The van der Waals surface area contributed by atoms with Gasteiger partial charge >= 0.3 is 29.8 Å². The van der Waals surface area contributed by atoms with Crippen LogP contribution >= 0.6 is 0 Å². The van der Waals surface area contributed by atoms with E-state index in [2.05, 4.69) is 6.58 Å². The number of aliphatic hydroxyl groups excluding tert-OH is 1. The van der Waals surface area contributed by atoms with Gasteiger partial charge in [-0.3, -0.25) is 24.0 Å². The van der Waals surface area contributed by atoms with Crippen LogP contribution in [0.5, 0.6) is 0 Å². The molecule has 39 heavy (non-hydrogen) atoms. The summed E-state index contributed by atoms with van der Waals surface area (Å²) in [4.78, 5) is 54.8. The highest BCUT2D eigenvalue weighted by atomic mass is 16.7. The maximum absolute atomic E-state index is 11.5. The van der Waals surface area contributed by atoms with Gasteiger partial charge in [0.15, 0.2) is 18.3 Å². The van der Waals surface area contributed by atoms with E-state index in [1.807, 2.05) is 0 Å². The van der Waals surface area contributed by atoms with E-state index >= 15 is 0 Å². The van der Waals surface area contributed by atoms with Crippen molar-refractivity contribution in [2.45, 2.75) is 68.1 Å². The molecule has 0 aliphatic carbocycles. The first-order chi connectivity index (χ1) is 18.5. The van der Waals surface area contributed by atoms with Gasteiger partial charge in [-0.25, -0.2) is 0 Å². The highest BCUT2D eigenvalue weighted by Crippen LogP contribution is 2.31. The molecule has 4 rings (SSSR count). The molecular formula is C23H30O16. The topological polar surface area (TPSA) is 220 Å². The van der Waals surface area contributed by atoms with E-state index in [9.17, 15) is 24.0 Å². The van der Waals surface area contributed by atoms with Crippen molar-refractivity contribution in [2.75, 3.05) is 33.5 Å². The number of fused-ring (bicyclic) bond motifs is 2. The fourth-order valence-electron chi connectivity index (χ4n) is 4.41. The number of carbonyl (C=O) groups excluding carboxylic acids is 3. The third kappa shape index (κ3) is 8.34. The van der Waals surface area contributed by atoms with E-state index in [1.54, 1.807) is 7.11 Å². The Kier molecular flexibility index (Phi) is 10.6. The number of esters is 3. The van der Waals surface area contributed by atoms with Gasteiger partial charge in [0.1, 0.15) is 49.8 Å². The number of carbonyl (C=O) groups is 5. The summed E-state index contributed by atoms with van der Waals surface area (Å²) in [7, 11) is 1.56. The van der Waals surface area contributed by atoms with Crippen LogP contribution in [0.1, 0.15) is 19.3 Å². The minimum Gasteiger partial charge on any atom is -0.512 e. The monoisotopic (exact) mass is 562 g/mol. The Morgan fingerprint density at radius 1 is 0.615 bits per heavy atom. The van der Waals surface area contributed by atoms with Crippen molar-refractivity contribution in [3.8, 4) is 0 Å².